The maximum atomic E-state index is 14.3. The van der Waals surface area contributed by atoms with E-state index in [1.807, 2.05) is 13.8 Å². The predicted molar refractivity (Wildman–Crippen MR) is 88.5 cm³/mol. The van der Waals surface area contributed by atoms with Crippen molar-refractivity contribution in [1.29, 1.82) is 0 Å². The summed E-state index contributed by atoms with van der Waals surface area (Å²) >= 11 is 0. The highest BCUT2D eigenvalue weighted by Gasteiger charge is 2.27. The number of alkyl halides is 2. The Morgan fingerprint density at radius 1 is 1.25 bits per heavy atom. The van der Waals surface area contributed by atoms with Gasteiger partial charge < -0.3 is 5.32 Å². The van der Waals surface area contributed by atoms with Crippen LogP contribution >= 0.6 is 0 Å². The number of aromatic nitrogens is 1. The summed E-state index contributed by atoms with van der Waals surface area (Å²) in [6.45, 7) is 5.87. The summed E-state index contributed by atoms with van der Waals surface area (Å²) in [6.07, 6.45) is -1.25. The van der Waals surface area contributed by atoms with Gasteiger partial charge >= 0.3 is 0 Å². The summed E-state index contributed by atoms with van der Waals surface area (Å²) in [5, 5.41) is 3.18. The number of nitrogens with zero attached hydrogens (tertiary/aromatic N) is 2. The van der Waals surface area contributed by atoms with E-state index in [1.165, 1.54) is 12.3 Å². The average molecular weight is 333 g/mol. The van der Waals surface area contributed by atoms with Gasteiger partial charge in [-0.2, -0.15) is 0 Å². The number of aliphatic imine (C=N–C) groups is 1. The topological polar surface area (TPSA) is 37.3 Å². The Labute approximate surface area is 138 Å². The molecule has 0 bridgehead atoms. The first kappa shape index (κ1) is 16.5. The van der Waals surface area contributed by atoms with Gasteiger partial charge in [-0.15, -0.1) is 0 Å². The highest BCUT2D eigenvalue weighted by Crippen LogP contribution is 2.30. The smallest absolute Gasteiger partial charge is 0.280 e. The van der Waals surface area contributed by atoms with E-state index in [2.05, 4.69) is 15.3 Å². The summed E-state index contributed by atoms with van der Waals surface area (Å²) in [6, 6.07) is 6.38. The Morgan fingerprint density at radius 3 is 2.67 bits per heavy atom. The highest BCUT2D eigenvalue weighted by atomic mass is 19.3. The molecule has 0 fully saturated rings. The fourth-order valence-corrected chi connectivity index (χ4v) is 2.78. The van der Waals surface area contributed by atoms with Crippen LogP contribution in [0.2, 0.25) is 0 Å². The van der Waals surface area contributed by atoms with E-state index in [1.54, 1.807) is 25.1 Å². The lowest BCUT2D eigenvalue weighted by molar-refractivity contribution is 0.145. The number of anilines is 1. The van der Waals surface area contributed by atoms with E-state index in [9.17, 15) is 13.2 Å². The molecule has 2 aromatic rings. The third-order valence-corrected chi connectivity index (χ3v) is 3.96. The van der Waals surface area contributed by atoms with E-state index in [4.69, 9.17) is 0 Å². The average Bonchev–Trinajstić information content (AvgIpc) is 2.63. The number of aryl methyl sites for hydroxylation is 1. The molecule has 3 rings (SSSR count). The summed E-state index contributed by atoms with van der Waals surface area (Å²) in [5.74, 6) is -0.371. The number of rotatable bonds is 2. The molecule has 24 heavy (non-hydrogen) atoms. The molecule has 0 saturated carbocycles. The molecule has 1 N–H and O–H groups in total. The summed E-state index contributed by atoms with van der Waals surface area (Å²) in [5.41, 5.74) is 1.85. The first-order chi connectivity index (χ1) is 11.3. The number of para-hydroxylation sites is 1. The molecule has 6 heteroatoms. The molecule has 1 aromatic carbocycles. The number of halogens is 3. The van der Waals surface area contributed by atoms with Crippen LogP contribution in [0, 0.1) is 12.7 Å². The number of hydrogen-bond donors (Lipinski definition) is 1. The maximum absolute atomic E-state index is 14.3. The summed E-state index contributed by atoms with van der Waals surface area (Å²) in [7, 11) is 0. The fraction of sp³-hybridized carbons (Fsp3) is 0.333. The van der Waals surface area contributed by atoms with Crippen LogP contribution in [0.25, 0.3) is 0 Å². The molecule has 126 valence electrons. The van der Waals surface area contributed by atoms with Crippen molar-refractivity contribution in [3.63, 3.8) is 0 Å². The van der Waals surface area contributed by atoms with Crippen molar-refractivity contribution in [3.05, 3.63) is 58.7 Å². The second-order valence-corrected chi connectivity index (χ2v) is 6.56. The molecular formula is C18H18F3N3. The molecule has 3 nitrogen and oxygen atoms in total. The lowest BCUT2D eigenvalue weighted by Gasteiger charge is -2.24. The zero-order valence-electron chi connectivity index (χ0n) is 13.7. The molecule has 0 aliphatic carbocycles. The van der Waals surface area contributed by atoms with Crippen LogP contribution in [-0.2, 0) is 0 Å². The quantitative estimate of drug-likeness (QED) is 0.878. The van der Waals surface area contributed by atoms with Crippen LogP contribution in [-0.4, -0.2) is 22.8 Å². The molecule has 1 aliphatic heterocycles. The SMILES string of the molecule is Cc1cc(C2=NCC(C)(C)Nc3c(F)cccc32)cnc1C(F)F. The van der Waals surface area contributed by atoms with Gasteiger partial charge in [0.05, 0.1) is 23.5 Å². The van der Waals surface area contributed by atoms with E-state index in [0.29, 0.717) is 34.6 Å². The normalized spacial score (nSPS) is 16.2. The van der Waals surface area contributed by atoms with Crippen LogP contribution in [0.4, 0.5) is 18.9 Å². The standard InChI is InChI=1S/C18H18F3N3/c1-10-7-11(8-22-14(10)17(20)21)15-12-5-4-6-13(19)16(12)24-18(2,3)9-23-15/h4-8,17,24H,9H2,1-3H3. The maximum Gasteiger partial charge on any atom is 0.280 e. The second kappa shape index (κ2) is 5.92. The molecule has 1 aromatic heterocycles. The Morgan fingerprint density at radius 2 is 2.00 bits per heavy atom. The number of fused-ring (bicyclic) bond motifs is 1. The van der Waals surface area contributed by atoms with Gasteiger partial charge in [0.1, 0.15) is 11.5 Å². The number of hydrogen-bond acceptors (Lipinski definition) is 3. The van der Waals surface area contributed by atoms with Crippen molar-refractivity contribution in [2.75, 3.05) is 11.9 Å². The Kier molecular flexibility index (Phi) is 4.07. The van der Waals surface area contributed by atoms with Gasteiger partial charge in [-0.25, -0.2) is 13.2 Å². The molecule has 2 heterocycles. The highest BCUT2D eigenvalue weighted by molar-refractivity contribution is 6.16. The lowest BCUT2D eigenvalue weighted by Crippen LogP contribution is -2.34. The van der Waals surface area contributed by atoms with Crippen molar-refractivity contribution in [3.8, 4) is 0 Å². The minimum Gasteiger partial charge on any atom is -0.375 e. The third kappa shape index (κ3) is 3.00. The third-order valence-electron chi connectivity index (χ3n) is 3.96. The minimum absolute atomic E-state index is 0.245. The van der Waals surface area contributed by atoms with Gasteiger partial charge in [0.25, 0.3) is 6.43 Å². The molecule has 1 aliphatic rings. The van der Waals surface area contributed by atoms with Crippen LogP contribution in [0.15, 0.2) is 35.5 Å². The number of benzene rings is 1. The van der Waals surface area contributed by atoms with Crippen molar-refractivity contribution < 1.29 is 13.2 Å². The molecule has 0 amide bonds. The zero-order chi connectivity index (χ0) is 17.5. The van der Waals surface area contributed by atoms with Gasteiger partial charge in [0.15, 0.2) is 0 Å². The van der Waals surface area contributed by atoms with Crippen LogP contribution < -0.4 is 5.32 Å². The second-order valence-electron chi connectivity index (χ2n) is 6.56. The summed E-state index contributed by atoms with van der Waals surface area (Å²) < 4.78 is 40.1. The van der Waals surface area contributed by atoms with Gasteiger partial charge in [-0.3, -0.25) is 9.98 Å². The molecule has 0 atom stereocenters. The number of nitrogens with one attached hydrogen (secondary N) is 1. The van der Waals surface area contributed by atoms with E-state index in [0.717, 1.165) is 0 Å². The van der Waals surface area contributed by atoms with Crippen molar-refractivity contribution in [2.45, 2.75) is 32.7 Å². The zero-order valence-corrected chi connectivity index (χ0v) is 13.7. The van der Waals surface area contributed by atoms with E-state index in [-0.39, 0.29) is 11.5 Å². The Hall–Kier alpha value is -2.37. The van der Waals surface area contributed by atoms with Crippen LogP contribution in [0.5, 0.6) is 0 Å². The molecule has 0 radical (unpaired) electrons. The summed E-state index contributed by atoms with van der Waals surface area (Å²) in [4.78, 5) is 8.47. The first-order valence-electron chi connectivity index (χ1n) is 7.65. The number of pyridine rings is 1. The van der Waals surface area contributed by atoms with Crippen molar-refractivity contribution in [1.82, 2.24) is 4.98 Å². The molecule has 0 spiro atoms. The van der Waals surface area contributed by atoms with Gasteiger partial charge in [0.2, 0.25) is 0 Å². The first-order valence-corrected chi connectivity index (χ1v) is 7.65. The predicted octanol–water partition coefficient (Wildman–Crippen LogP) is 4.51. The van der Waals surface area contributed by atoms with Gasteiger partial charge in [-0.1, -0.05) is 12.1 Å². The van der Waals surface area contributed by atoms with E-state index < -0.39 is 12.0 Å². The fourth-order valence-electron chi connectivity index (χ4n) is 2.78. The Bertz CT molecular complexity index is 813. The van der Waals surface area contributed by atoms with Crippen LogP contribution in [0.3, 0.4) is 0 Å². The molecule has 0 unspecified atom stereocenters. The molecule has 0 saturated heterocycles. The monoisotopic (exact) mass is 333 g/mol. The minimum atomic E-state index is -2.62. The lowest BCUT2D eigenvalue weighted by atomic mass is 9.99. The Balaban J connectivity index is 2.16. The number of benzodiazepines with no additional fused rings is 1. The van der Waals surface area contributed by atoms with Gasteiger partial charge in [-0.05, 0) is 38.5 Å². The van der Waals surface area contributed by atoms with Crippen molar-refractivity contribution >= 4 is 11.4 Å². The van der Waals surface area contributed by atoms with E-state index >= 15 is 0 Å². The largest absolute Gasteiger partial charge is 0.375 e. The van der Waals surface area contributed by atoms with Gasteiger partial charge in [0, 0.05) is 17.3 Å². The van der Waals surface area contributed by atoms with Crippen molar-refractivity contribution in [2.24, 2.45) is 4.99 Å². The molecular weight excluding hydrogens is 315 g/mol. The van der Waals surface area contributed by atoms with Crippen LogP contribution in [0.1, 0.15) is 42.7 Å².